The molecule has 0 spiro atoms. The zero-order valence-electron chi connectivity index (χ0n) is 15.3. The van der Waals surface area contributed by atoms with Crippen molar-refractivity contribution in [3.63, 3.8) is 0 Å². The maximum Gasteiger partial charge on any atom is 0.227 e. The van der Waals surface area contributed by atoms with Crippen molar-refractivity contribution in [2.24, 2.45) is 5.92 Å². The molecule has 2 atom stereocenters. The average molecular weight is 372 g/mol. The number of rotatable bonds is 7. The third kappa shape index (κ3) is 4.39. The summed E-state index contributed by atoms with van der Waals surface area (Å²) in [5, 5.41) is 3.13. The molecule has 144 valence electrons. The van der Waals surface area contributed by atoms with Crippen molar-refractivity contribution in [2.75, 3.05) is 32.8 Å². The Labute approximate surface area is 158 Å². The fraction of sp³-hybridized carbons (Fsp3) is 0.476. The molecule has 1 saturated heterocycles. The summed E-state index contributed by atoms with van der Waals surface area (Å²) in [4.78, 5) is 15.3. The quantitative estimate of drug-likeness (QED) is 0.811. The first kappa shape index (κ1) is 18.2. The molecule has 5 nitrogen and oxygen atoms in total. The minimum absolute atomic E-state index is 0.00826. The van der Waals surface area contributed by atoms with E-state index in [1.165, 1.54) is 12.1 Å². The van der Waals surface area contributed by atoms with Gasteiger partial charge in [0.15, 0.2) is 0 Å². The number of amides is 1. The molecule has 1 N–H and O–H groups in total. The second kappa shape index (κ2) is 8.23. The molecule has 1 aromatic heterocycles. The maximum atomic E-state index is 13.3. The number of carbonyl (C=O) groups is 1. The van der Waals surface area contributed by atoms with Crippen molar-refractivity contribution in [1.29, 1.82) is 0 Å². The molecule has 2 aliphatic rings. The SMILES string of the molecule is O=C(NCC(c1ccco1)N1CCOCC1)C(c1ccc(F)cc1)C1CC1. The van der Waals surface area contributed by atoms with Crippen molar-refractivity contribution in [3.05, 3.63) is 59.8 Å². The van der Waals surface area contributed by atoms with Crippen molar-refractivity contribution >= 4 is 5.91 Å². The highest BCUT2D eigenvalue weighted by Gasteiger charge is 2.37. The molecule has 2 fully saturated rings. The third-order valence-corrected chi connectivity index (χ3v) is 5.43. The van der Waals surface area contributed by atoms with E-state index in [-0.39, 0.29) is 23.7 Å². The molecule has 1 amide bonds. The van der Waals surface area contributed by atoms with Crippen molar-refractivity contribution < 1.29 is 18.3 Å². The zero-order chi connectivity index (χ0) is 18.6. The lowest BCUT2D eigenvalue weighted by atomic mass is 9.93. The van der Waals surface area contributed by atoms with Gasteiger partial charge in [-0.05, 0) is 48.6 Å². The van der Waals surface area contributed by atoms with Gasteiger partial charge in [-0.25, -0.2) is 4.39 Å². The number of morpholine rings is 1. The fourth-order valence-electron chi connectivity index (χ4n) is 3.82. The van der Waals surface area contributed by atoms with E-state index >= 15 is 0 Å². The molecule has 2 aromatic rings. The predicted molar refractivity (Wildman–Crippen MR) is 98.7 cm³/mol. The smallest absolute Gasteiger partial charge is 0.227 e. The summed E-state index contributed by atoms with van der Waals surface area (Å²) in [6, 6.07) is 10.1. The Morgan fingerprint density at radius 2 is 1.93 bits per heavy atom. The Morgan fingerprint density at radius 3 is 2.56 bits per heavy atom. The van der Waals surface area contributed by atoms with Crippen LogP contribution in [0.4, 0.5) is 4.39 Å². The van der Waals surface area contributed by atoms with Crippen LogP contribution in [0.5, 0.6) is 0 Å². The first-order chi connectivity index (χ1) is 13.2. The first-order valence-electron chi connectivity index (χ1n) is 9.61. The van der Waals surface area contributed by atoms with Crippen LogP contribution in [0.15, 0.2) is 47.1 Å². The predicted octanol–water partition coefficient (Wildman–Crippen LogP) is 3.10. The summed E-state index contributed by atoms with van der Waals surface area (Å²) < 4.78 is 24.3. The zero-order valence-corrected chi connectivity index (χ0v) is 15.3. The number of ether oxygens (including phenoxy) is 1. The average Bonchev–Trinajstić information content (AvgIpc) is 3.37. The summed E-state index contributed by atoms with van der Waals surface area (Å²) in [5.41, 5.74) is 0.886. The Kier molecular flexibility index (Phi) is 5.55. The minimum atomic E-state index is -0.279. The maximum absolute atomic E-state index is 13.3. The first-order valence-corrected chi connectivity index (χ1v) is 9.61. The van der Waals surface area contributed by atoms with E-state index in [0.29, 0.717) is 25.7 Å². The number of nitrogens with zero attached hydrogens (tertiary/aromatic N) is 1. The molecule has 6 heteroatoms. The van der Waals surface area contributed by atoms with Crippen molar-refractivity contribution in [1.82, 2.24) is 10.2 Å². The van der Waals surface area contributed by atoms with Gasteiger partial charge in [-0.15, -0.1) is 0 Å². The van der Waals surface area contributed by atoms with Crippen LogP contribution in [0.2, 0.25) is 0 Å². The summed E-state index contributed by atoms with van der Waals surface area (Å²) in [6.45, 7) is 3.48. The third-order valence-electron chi connectivity index (χ3n) is 5.43. The number of halogens is 1. The van der Waals surface area contributed by atoms with Crippen LogP contribution in [0, 0.1) is 11.7 Å². The van der Waals surface area contributed by atoms with Crippen molar-refractivity contribution in [3.8, 4) is 0 Å². The Balaban J connectivity index is 1.45. The van der Waals surface area contributed by atoms with Crippen LogP contribution in [0.3, 0.4) is 0 Å². The monoisotopic (exact) mass is 372 g/mol. The van der Waals surface area contributed by atoms with Crippen LogP contribution in [0.1, 0.15) is 36.1 Å². The van der Waals surface area contributed by atoms with E-state index in [0.717, 1.165) is 37.3 Å². The minimum Gasteiger partial charge on any atom is -0.468 e. The molecule has 0 radical (unpaired) electrons. The molecule has 4 rings (SSSR count). The van der Waals surface area contributed by atoms with Gasteiger partial charge in [-0.1, -0.05) is 12.1 Å². The van der Waals surface area contributed by atoms with Gasteiger partial charge in [0, 0.05) is 19.6 Å². The summed E-state index contributed by atoms with van der Waals surface area (Å²) in [6.07, 6.45) is 3.75. The number of furan rings is 1. The highest BCUT2D eigenvalue weighted by molar-refractivity contribution is 5.84. The second-order valence-electron chi connectivity index (χ2n) is 7.29. The molecule has 27 heavy (non-hydrogen) atoms. The molecule has 2 heterocycles. The summed E-state index contributed by atoms with van der Waals surface area (Å²) in [5.74, 6) is 0.711. The van der Waals surface area contributed by atoms with E-state index < -0.39 is 0 Å². The highest BCUT2D eigenvalue weighted by Crippen LogP contribution is 2.42. The van der Waals surface area contributed by atoms with Crippen LogP contribution in [-0.2, 0) is 9.53 Å². The van der Waals surface area contributed by atoms with E-state index in [1.54, 1.807) is 18.4 Å². The Hall–Kier alpha value is -2.18. The van der Waals surface area contributed by atoms with Crippen LogP contribution >= 0.6 is 0 Å². The van der Waals surface area contributed by atoms with E-state index in [9.17, 15) is 9.18 Å². The Morgan fingerprint density at radius 1 is 1.19 bits per heavy atom. The lowest BCUT2D eigenvalue weighted by Gasteiger charge is -2.33. The van der Waals surface area contributed by atoms with Gasteiger partial charge in [0.1, 0.15) is 11.6 Å². The number of benzene rings is 1. The van der Waals surface area contributed by atoms with Gasteiger partial charge in [0.25, 0.3) is 0 Å². The number of hydrogen-bond donors (Lipinski definition) is 1. The normalized spacial score (nSPS) is 20.2. The fourth-order valence-corrected chi connectivity index (χ4v) is 3.82. The molecular formula is C21H25FN2O3. The number of carbonyl (C=O) groups excluding carboxylic acids is 1. The Bertz CT molecular complexity index is 737. The van der Waals surface area contributed by atoms with Crippen molar-refractivity contribution in [2.45, 2.75) is 24.8 Å². The molecule has 1 saturated carbocycles. The number of hydrogen-bond acceptors (Lipinski definition) is 4. The molecule has 0 bridgehead atoms. The van der Waals surface area contributed by atoms with E-state index in [4.69, 9.17) is 9.15 Å². The van der Waals surface area contributed by atoms with Gasteiger partial charge in [0.2, 0.25) is 5.91 Å². The van der Waals surface area contributed by atoms with Gasteiger partial charge in [-0.3, -0.25) is 9.69 Å². The standard InChI is InChI=1S/C21H25FN2O3/c22-17-7-5-16(6-8-17)20(15-3-4-15)21(25)23-14-18(19-2-1-11-27-19)24-9-12-26-13-10-24/h1-2,5-8,11,15,18,20H,3-4,9-10,12-14H2,(H,23,25). The topological polar surface area (TPSA) is 54.7 Å². The van der Waals surface area contributed by atoms with Crippen LogP contribution in [-0.4, -0.2) is 43.7 Å². The van der Waals surface area contributed by atoms with Crippen LogP contribution < -0.4 is 5.32 Å². The van der Waals surface area contributed by atoms with Gasteiger partial charge < -0.3 is 14.5 Å². The lowest BCUT2D eigenvalue weighted by Crippen LogP contribution is -2.44. The number of nitrogens with one attached hydrogen (secondary N) is 1. The largest absolute Gasteiger partial charge is 0.468 e. The van der Waals surface area contributed by atoms with Gasteiger partial charge in [0.05, 0.1) is 31.4 Å². The summed E-state index contributed by atoms with van der Waals surface area (Å²) >= 11 is 0. The highest BCUT2D eigenvalue weighted by atomic mass is 19.1. The lowest BCUT2D eigenvalue weighted by molar-refractivity contribution is -0.123. The van der Waals surface area contributed by atoms with Gasteiger partial charge in [-0.2, -0.15) is 0 Å². The molecule has 1 aliphatic carbocycles. The summed E-state index contributed by atoms with van der Waals surface area (Å²) in [7, 11) is 0. The molecule has 1 aromatic carbocycles. The molecular weight excluding hydrogens is 347 g/mol. The van der Waals surface area contributed by atoms with Gasteiger partial charge >= 0.3 is 0 Å². The second-order valence-corrected chi connectivity index (χ2v) is 7.29. The van der Waals surface area contributed by atoms with Crippen LogP contribution in [0.25, 0.3) is 0 Å². The molecule has 2 unspecified atom stereocenters. The van der Waals surface area contributed by atoms with E-state index in [2.05, 4.69) is 10.2 Å². The van der Waals surface area contributed by atoms with E-state index in [1.807, 2.05) is 12.1 Å². The molecule has 1 aliphatic heterocycles.